The van der Waals surface area contributed by atoms with Crippen LogP contribution in [0.4, 0.5) is 5.82 Å². The average molecular weight is 329 g/mol. The zero-order valence-corrected chi connectivity index (χ0v) is 14.1. The van der Waals surface area contributed by atoms with Gasteiger partial charge in [-0.3, -0.25) is 9.48 Å². The van der Waals surface area contributed by atoms with Crippen LogP contribution in [-0.4, -0.2) is 25.0 Å². The van der Waals surface area contributed by atoms with Crippen molar-refractivity contribution < 1.29 is 0 Å². The molecule has 6 nitrogen and oxygen atoms in total. The molecule has 0 bridgehead atoms. The molecule has 0 aliphatic rings. The van der Waals surface area contributed by atoms with Gasteiger partial charge < -0.3 is 10.7 Å². The molecular formula is C16H19N5OS. The van der Waals surface area contributed by atoms with Crippen LogP contribution in [0.3, 0.4) is 0 Å². The molecule has 120 valence electrons. The predicted octanol–water partition coefficient (Wildman–Crippen LogP) is 2.55. The maximum atomic E-state index is 12.3. The number of hydrogen-bond acceptors (Lipinski definition) is 5. The van der Waals surface area contributed by atoms with E-state index in [9.17, 15) is 4.79 Å². The smallest absolute Gasteiger partial charge is 0.259 e. The SMILES string of the molecule is CC(C)SCc1nn(C)c(N)c1-c1nc2ccccc2c(=O)[nH]1. The normalized spacial score (nSPS) is 11.5. The molecule has 0 amide bonds. The monoisotopic (exact) mass is 329 g/mol. The average Bonchev–Trinajstić information content (AvgIpc) is 2.80. The number of H-pyrrole nitrogens is 1. The fraction of sp³-hybridized carbons (Fsp3) is 0.312. The van der Waals surface area contributed by atoms with Crippen molar-refractivity contribution in [3.8, 4) is 11.4 Å². The van der Waals surface area contributed by atoms with Crippen molar-refractivity contribution in [3.63, 3.8) is 0 Å². The second kappa shape index (κ2) is 6.08. The van der Waals surface area contributed by atoms with Gasteiger partial charge in [0.2, 0.25) is 0 Å². The minimum absolute atomic E-state index is 0.170. The van der Waals surface area contributed by atoms with E-state index in [1.165, 1.54) is 0 Å². The van der Waals surface area contributed by atoms with Crippen molar-refractivity contribution in [1.82, 2.24) is 19.7 Å². The number of thioether (sulfide) groups is 1. The highest BCUT2D eigenvalue weighted by Crippen LogP contribution is 2.30. The molecule has 0 saturated heterocycles. The van der Waals surface area contributed by atoms with Crippen LogP contribution >= 0.6 is 11.8 Å². The van der Waals surface area contributed by atoms with E-state index in [4.69, 9.17) is 5.73 Å². The molecular weight excluding hydrogens is 310 g/mol. The fourth-order valence-electron chi connectivity index (χ4n) is 2.40. The van der Waals surface area contributed by atoms with Crippen molar-refractivity contribution >= 4 is 28.5 Å². The maximum absolute atomic E-state index is 12.3. The van der Waals surface area contributed by atoms with Gasteiger partial charge in [-0.05, 0) is 17.4 Å². The van der Waals surface area contributed by atoms with Crippen molar-refractivity contribution in [2.24, 2.45) is 7.05 Å². The highest BCUT2D eigenvalue weighted by molar-refractivity contribution is 7.99. The Hall–Kier alpha value is -2.28. The van der Waals surface area contributed by atoms with Gasteiger partial charge in [0.15, 0.2) is 0 Å². The quantitative estimate of drug-likeness (QED) is 0.768. The number of aryl methyl sites for hydroxylation is 1. The highest BCUT2D eigenvalue weighted by Gasteiger charge is 2.19. The van der Waals surface area contributed by atoms with E-state index in [1.807, 2.05) is 18.2 Å². The first-order valence-corrected chi connectivity index (χ1v) is 8.44. The largest absolute Gasteiger partial charge is 0.383 e. The number of nitrogens with one attached hydrogen (secondary N) is 1. The lowest BCUT2D eigenvalue weighted by Crippen LogP contribution is -2.10. The number of nitrogens with two attached hydrogens (primary N) is 1. The van der Waals surface area contributed by atoms with Crippen LogP contribution < -0.4 is 11.3 Å². The first-order valence-electron chi connectivity index (χ1n) is 7.39. The summed E-state index contributed by atoms with van der Waals surface area (Å²) < 4.78 is 1.63. The summed E-state index contributed by atoms with van der Waals surface area (Å²) in [4.78, 5) is 19.7. The second-order valence-electron chi connectivity index (χ2n) is 5.62. The Kier molecular flexibility index (Phi) is 4.12. The molecule has 0 saturated carbocycles. The lowest BCUT2D eigenvalue weighted by Gasteiger charge is -2.06. The molecule has 23 heavy (non-hydrogen) atoms. The Bertz CT molecular complexity index is 912. The first kappa shape index (κ1) is 15.6. The molecule has 3 aromatic rings. The van der Waals surface area contributed by atoms with Gasteiger partial charge in [0.05, 0.1) is 22.2 Å². The summed E-state index contributed by atoms with van der Waals surface area (Å²) in [7, 11) is 1.79. The summed E-state index contributed by atoms with van der Waals surface area (Å²) in [6.07, 6.45) is 0. The van der Waals surface area contributed by atoms with Gasteiger partial charge >= 0.3 is 0 Å². The van der Waals surface area contributed by atoms with Gasteiger partial charge in [0, 0.05) is 12.8 Å². The summed E-state index contributed by atoms with van der Waals surface area (Å²) in [5.74, 6) is 1.69. The summed E-state index contributed by atoms with van der Waals surface area (Å²) in [6.45, 7) is 4.26. The van der Waals surface area contributed by atoms with Gasteiger partial charge in [0.25, 0.3) is 5.56 Å². The number of rotatable bonds is 4. The molecule has 3 rings (SSSR count). The van der Waals surface area contributed by atoms with Gasteiger partial charge in [0.1, 0.15) is 11.6 Å². The van der Waals surface area contributed by atoms with E-state index in [1.54, 1.807) is 29.6 Å². The van der Waals surface area contributed by atoms with E-state index in [0.717, 1.165) is 5.69 Å². The minimum atomic E-state index is -0.170. The second-order valence-corrected chi connectivity index (χ2v) is 7.19. The van der Waals surface area contributed by atoms with E-state index < -0.39 is 0 Å². The molecule has 0 aliphatic heterocycles. The third kappa shape index (κ3) is 2.96. The number of aromatic nitrogens is 4. The third-order valence-corrected chi connectivity index (χ3v) is 4.67. The Morgan fingerprint density at radius 3 is 2.83 bits per heavy atom. The Morgan fingerprint density at radius 2 is 2.09 bits per heavy atom. The minimum Gasteiger partial charge on any atom is -0.383 e. The van der Waals surface area contributed by atoms with E-state index >= 15 is 0 Å². The molecule has 0 unspecified atom stereocenters. The Balaban J connectivity index is 2.16. The zero-order chi connectivity index (χ0) is 16.6. The zero-order valence-electron chi connectivity index (χ0n) is 13.3. The van der Waals surface area contributed by atoms with Crippen LogP contribution in [0.1, 0.15) is 19.5 Å². The van der Waals surface area contributed by atoms with Crippen LogP contribution in [0.2, 0.25) is 0 Å². The number of para-hydroxylation sites is 1. The topological polar surface area (TPSA) is 89.6 Å². The number of hydrogen-bond donors (Lipinski definition) is 2. The number of benzene rings is 1. The molecule has 3 N–H and O–H groups in total. The van der Waals surface area contributed by atoms with E-state index in [2.05, 4.69) is 28.9 Å². The van der Waals surface area contributed by atoms with E-state index in [-0.39, 0.29) is 5.56 Å². The number of aromatic amines is 1. The summed E-state index contributed by atoms with van der Waals surface area (Å²) in [5, 5.41) is 5.52. The third-order valence-electron chi connectivity index (χ3n) is 3.57. The first-order chi connectivity index (χ1) is 11.0. The van der Waals surface area contributed by atoms with Crippen LogP contribution in [0, 0.1) is 0 Å². The Morgan fingerprint density at radius 1 is 1.35 bits per heavy atom. The molecule has 0 radical (unpaired) electrons. The van der Waals surface area contributed by atoms with Crippen molar-refractivity contribution in [3.05, 3.63) is 40.3 Å². The lowest BCUT2D eigenvalue weighted by atomic mass is 10.2. The number of nitrogen functional groups attached to an aromatic ring is 1. The van der Waals surface area contributed by atoms with Crippen molar-refractivity contribution in [2.75, 3.05) is 5.73 Å². The summed E-state index contributed by atoms with van der Waals surface area (Å²) in [6, 6.07) is 7.26. The van der Waals surface area contributed by atoms with Crippen LogP contribution in [0.25, 0.3) is 22.3 Å². The molecule has 1 aromatic carbocycles. The highest BCUT2D eigenvalue weighted by atomic mass is 32.2. The maximum Gasteiger partial charge on any atom is 0.259 e. The molecule has 2 heterocycles. The predicted molar refractivity (Wildman–Crippen MR) is 95.4 cm³/mol. The van der Waals surface area contributed by atoms with Gasteiger partial charge in [-0.2, -0.15) is 16.9 Å². The van der Waals surface area contributed by atoms with Crippen LogP contribution in [0.15, 0.2) is 29.1 Å². The molecule has 0 fully saturated rings. The van der Waals surface area contributed by atoms with Crippen LogP contribution in [-0.2, 0) is 12.8 Å². The standard InChI is InChI=1S/C16H19N5OS/c1-9(2)23-8-12-13(14(17)21(3)20-12)15-18-11-7-5-4-6-10(11)16(22)19-15/h4-7,9H,8,17H2,1-3H3,(H,18,19,22). The van der Waals surface area contributed by atoms with Crippen molar-refractivity contribution in [2.45, 2.75) is 24.9 Å². The van der Waals surface area contributed by atoms with Gasteiger partial charge in [-0.1, -0.05) is 26.0 Å². The summed E-state index contributed by atoms with van der Waals surface area (Å²) >= 11 is 1.77. The lowest BCUT2D eigenvalue weighted by molar-refractivity contribution is 0.765. The Labute approximate surface area is 138 Å². The number of anilines is 1. The molecule has 0 aliphatic carbocycles. The van der Waals surface area contributed by atoms with E-state index in [0.29, 0.717) is 39.1 Å². The van der Waals surface area contributed by atoms with Crippen molar-refractivity contribution in [1.29, 1.82) is 0 Å². The molecule has 0 atom stereocenters. The van der Waals surface area contributed by atoms with Gasteiger partial charge in [-0.25, -0.2) is 4.98 Å². The summed E-state index contributed by atoms with van der Waals surface area (Å²) in [5.41, 5.74) is 8.19. The molecule has 0 spiro atoms. The molecule has 7 heteroatoms. The number of fused-ring (bicyclic) bond motifs is 1. The number of nitrogens with zero attached hydrogens (tertiary/aromatic N) is 3. The van der Waals surface area contributed by atoms with Crippen LogP contribution in [0.5, 0.6) is 0 Å². The fourth-order valence-corrected chi connectivity index (χ4v) is 3.10. The molecule has 2 aromatic heterocycles. The van der Waals surface area contributed by atoms with Gasteiger partial charge in [-0.15, -0.1) is 0 Å².